The molecule has 36 heavy (non-hydrogen) atoms. The average molecular weight is 493 g/mol. The summed E-state index contributed by atoms with van der Waals surface area (Å²) >= 11 is 0. The van der Waals surface area contributed by atoms with Gasteiger partial charge in [0.25, 0.3) is 0 Å². The maximum atomic E-state index is 9.61. The van der Waals surface area contributed by atoms with Crippen molar-refractivity contribution in [3.05, 3.63) is 72.8 Å². The number of methoxy groups -OCH3 is 4. The highest BCUT2D eigenvalue weighted by Crippen LogP contribution is 2.47. The van der Waals surface area contributed by atoms with Crippen molar-refractivity contribution in [2.24, 2.45) is 0 Å². The lowest BCUT2D eigenvalue weighted by molar-refractivity contribution is 0.386. The summed E-state index contributed by atoms with van der Waals surface area (Å²) in [5, 5.41) is 38.4. The van der Waals surface area contributed by atoms with E-state index in [0.29, 0.717) is 23.0 Å². The van der Waals surface area contributed by atoms with Gasteiger partial charge < -0.3 is 39.4 Å². The number of aromatic hydroxyl groups is 4. The lowest BCUT2D eigenvalue weighted by Gasteiger charge is -2.18. The molecule has 0 radical (unpaired) electrons. The Hall–Kier alpha value is -4.72. The molecule has 4 aromatic rings. The van der Waals surface area contributed by atoms with Gasteiger partial charge in [0.2, 0.25) is 0 Å². The fourth-order valence-corrected chi connectivity index (χ4v) is 3.76. The second-order valence-corrected chi connectivity index (χ2v) is 7.42. The van der Waals surface area contributed by atoms with Gasteiger partial charge in [-0.25, -0.2) is 0 Å². The maximum Gasteiger partial charge on any atom is 0.130 e. The molecule has 0 saturated carbocycles. The molecule has 4 N–H and O–H groups in total. The smallest absolute Gasteiger partial charge is 0.130 e. The number of ether oxygens (including phenoxy) is 4. The number of benzene rings is 4. The van der Waals surface area contributed by atoms with E-state index in [-0.39, 0.29) is 34.1 Å². The van der Waals surface area contributed by atoms with Crippen molar-refractivity contribution >= 4 is 0 Å². The molecule has 4 aromatic carbocycles. The van der Waals surface area contributed by atoms with E-state index in [2.05, 4.69) is 0 Å². The van der Waals surface area contributed by atoms with Crippen LogP contribution in [0.15, 0.2) is 72.8 Å². The summed E-state index contributed by atoms with van der Waals surface area (Å²) in [4.78, 5) is 0. The van der Waals surface area contributed by atoms with Gasteiger partial charge in [0.05, 0.1) is 50.7 Å². The Morgan fingerprint density at radius 3 is 0.806 bits per heavy atom. The Morgan fingerprint density at radius 1 is 0.361 bits per heavy atom. The molecule has 188 valence electrons. The first kappa shape index (κ1) is 25.9. The monoisotopic (exact) mass is 492 g/mol. The summed E-state index contributed by atoms with van der Waals surface area (Å²) in [6.45, 7) is 0. The zero-order valence-electron chi connectivity index (χ0n) is 20.4. The van der Waals surface area contributed by atoms with Crippen molar-refractivity contribution in [2.75, 3.05) is 28.4 Å². The first-order chi connectivity index (χ1) is 17.4. The molecule has 0 aromatic heterocycles. The first-order valence-electron chi connectivity index (χ1n) is 10.8. The number of rotatable bonds is 6. The molecule has 4 rings (SSSR count). The Kier molecular flexibility index (Phi) is 8.35. The third-order valence-electron chi connectivity index (χ3n) is 5.40. The molecule has 0 aliphatic rings. The average Bonchev–Trinajstić information content (AvgIpc) is 2.89. The van der Waals surface area contributed by atoms with Crippen LogP contribution in [-0.4, -0.2) is 48.9 Å². The molecule has 0 fully saturated rings. The van der Waals surface area contributed by atoms with Crippen molar-refractivity contribution in [1.82, 2.24) is 0 Å². The molecular formula is C28H28O8. The quantitative estimate of drug-likeness (QED) is 0.276. The van der Waals surface area contributed by atoms with Gasteiger partial charge in [0.15, 0.2) is 0 Å². The van der Waals surface area contributed by atoms with Gasteiger partial charge in [-0.05, 0) is 48.5 Å². The van der Waals surface area contributed by atoms with Crippen LogP contribution in [0.1, 0.15) is 0 Å². The second kappa shape index (κ2) is 11.6. The number of hydrogen-bond donors (Lipinski definition) is 4. The topological polar surface area (TPSA) is 118 Å². The Morgan fingerprint density at radius 2 is 0.583 bits per heavy atom. The van der Waals surface area contributed by atoms with Crippen LogP contribution in [0.3, 0.4) is 0 Å². The molecule has 0 saturated heterocycles. The lowest BCUT2D eigenvalue weighted by Crippen LogP contribution is -1.97. The van der Waals surface area contributed by atoms with E-state index in [0.717, 1.165) is 11.1 Å². The number of phenols is 4. The van der Waals surface area contributed by atoms with Crippen molar-refractivity contribution in [3.8, 4) is 68.2 Å². The molecule has 0 heterocycles. The largest absolute Gasteiger partial charge is 0.507 e. The maximum absolute atomic E-state index is 9.61. The summed E-state index contributed by atoms with van der Waals surface area (Å²) in [6, 6.07) is 19.6. The van der Waals surface area contributed by atoms with Crippen LogP contribution in [0.2, 0.25) is 0 Å². The number of hydrogen-bond acceptors (Lipinski definition) is 8. The minimum Gasteiger partial charge on any atom is -0.507 e. The Labute approximate surface area is 209 Å². The van der Waals surface area contributed by atoms with E-state index in [1.165, 1.54) is 36.4 Å². The summed E-state index contributed by atoms with van der Waals surface area (Å²) in [5.74, 6) is 1.96. The van der Waals surface area contributed by atoms with Crippen LogP contribution in [0, 0.1) is 0 Å². The normalized spacial score (nSPS) is 10.1. The fourth-order valence-electron chi connectivity index (χ4n) is 3.76. The van der Waals surface area contributed by atoms with Crippen LogP contribution in [0.25, 0.3) is 22.3 Å². The van der Waals surface area contributed by atoms with Gasteiger partial charge >= 0.3 is 0 Å². The minimum absolute atomic E-state index is 0.0121. The van der Waals surface area contributed by atoms with E-state index < -0.39 is 0 Å². The molecule has 8 nitrogen and oxygen atoms in total. The molecule has 0 unspecified atom stereocenters. The summed E-state index contributed by atoms with van der Waals surface area (Å²) in [5.41, 5.74) is 1.65. The van der Waals surface area contributed by atoms with Gasteiger partial charge in [-0.1, -0.05) is 24.3 Å². The van der Waals surface area contributed by atoms with Crippen molar-refractivity contribution in [2.45, 2.75) is 0 Å². The van der Waals surface area contributed by atoms with Gasteiger partial charge in [-0.2, -0.15) is 0 Å². The predicted octanol–water partition coefficient (Wildman–Crippen LogP) is 5.56. The minimum atomic E-state index is -0.211. The Balaban J connectivity index is 0.000000205. The molecule has 0 aliphatic heterocycles. The van der Waals surface area contributed by atoms with Gasteiger partial charge in [-0.15, -0.1) is 0 Å². The van der Waals surface area contributed by atoms with Crippen LogP contribution >= 0.6 is 0 Å². The summed E-state index contributed by atoms with van der Waals surface area (Å²) < 4.78 is 21.8. The molecule has 8 heteroatoms. The van der Waals surface area contributed by atoms with Crippen molar-refractivity contribution < 1.29 is 39.4 Å². The van der Waals surface area contributed by atoms with E-state index in [4.69, 9.17) is 18.9 Å². The van der Waals surface area contributed by atoms with Gasteiger partial charge in [0, 0.05) is 0 Å². The van der Waals surface area contributed by atoms with E-state index in [9.17, 15) is 20.4 Å². The van der Waals surface area contributed by atoms with Crippen LogP contribution < -0.4 is 18.9 Å². The van der Waals surface area contributed by atoms with Crippen LogP contribution in [-0.2, 0) is 0 Å². The third kappa shape index (κ3) is 5.17. The molecular weight excluding hydrogens is 464 g/mol. The zero-order valence-corrected chi connectivity index (χ0v) is 20.4. The van der Waals surface area contributed by atoms with Gasteiger partial charge in [0.1, 0.15) is 46.0 Å². The number of phenolic OH excluding ortho intramolecular Hbond substituents is 4. The summed E-state index contributed by atoms with van der Waals surface area (Å²) in [7, 11) is 6.50. The zero-order chi connectivity index (χ0) is 26.2. The fraction of sp³-hybridized carbons (Fsp3) is 0.143. The lowest BCUT2D eigenvalue weighted by atomic mass is 10.0. The van der Waals surface area contributed by atoms with E-state index in [1.54, 1.807) is 28.4 Å². The highest BCUT2D eigenvalue weighted by atomic mass is 16.5. The summed E-state index contributed by atoms with van der Waals surface area (Å²) in [6.07, 6.45) is 0. The Bertz CT molecular complexity index is 1150. The molecule has 0 atom stereocenters. The van der Waals surface area contributed by atoms with E-state index in [1.807, 2.05) is 36.4 Å². The third-order valence-corrected chi connectivity index (χ3v) is 5.40. The van der Waals surface area contributed by atoms with Crippen molar-refractivity contribution in [3.63, 3.8) is 0 Å². The van der Waals surface area contributed by atoms with Crippen molar-refractivity contribution in [1.29, 1.82) is 0 Å². The molecule has 0 amide bonds. The van der Waals surface area contributed by atoms with Gasteiger partial charge in [-0.3, -0.25) is 0 Å². The van der Waals surface area contributed by atoms with E-state index >= 15 is 0 Å². The van der Waals surface area contributed by atoms with Crippen LogP contribution in [0.4, 0.5) is 0 Å². The SMILES string of the molecule is COc1cccc(OC)c1-c1c(OC)cccc1OC.Oc1cccc(O)c1-c1c(O)cccc1O. The second-order valence-electron chi connectivity index (χ2n) is 7.42. The standard InChI is InChI=1S/C16H18O4.C12H10O4/c1-17-11-7-5-8-12(18-2)15(11)16-13(19-3)9-6-10-14(16)20-4;13-7-3-1-4-8(14)11(7)12-9(15)5-2-6-10(12)16/h5-10H,1-4H3;1-6,13-16H. The highest BCUT2D eigenvalue weighted by Gasteiger charge is 2.21. The predicted molar refractivity (Wildman–Crippen MR) is 137 cm³/mol. The first-order valence-corrected chi connectivity index (χ1v) is 10.8. The molecule has 0 bridgehead atoms. The molecule has 0 spiro atoms. The van der Waals surface area contributed by atoms with Crippen LogP contribution in [0.5, 0.6) is 46.0 Å². The molecule has 0 aliphatic carbocycles. The highest BCUT2D eigenvalue weighted by molar-refractivity contribution is 5.86.